The Bertz CT molecular complexity index is 884. The minimum Gasteiger partial charge on any atom is -0.391 e. The van der Waals surface area contributed by atoms with Crippen LogP contribution in [0.4, 0.5) is 0 Å². The van der Waals surface area contributed by atoms with Crippen molar-refractivity contribution in [3.8, 4) is 11.3 Å². The fraction of sp³-hybridized carbons (Fsp3) is 0.316. The molecule has 7 heteroatoms. The number of aromatic nitrogens is 2. The van der Waals surface area contributed by atoms with Crippen molar-refractivity contribution in [2.75, 3.05) is 6.54 Å². The van der Waals surface area contributed by atoms with E-state index in [9.17, 15) is 4.79 Å². The van der Waals surface area contributed by atoms with Gasteiger partial charge in [0.25, 0.3) is 5.91 Å². The molecule has 1 aromatic carbocycles. The van der Waals surface area contributed by atoms with Crippen molar-refractivity contribution in [3.05, 3.63) is 58.2 Å². The molecule has 4 rings (SSSR count). The third-order valence-electron chi connectivity index (χ3n) is 4.66. The summed E-state index contributed by atoms with van der Waals surface area (Å²) in [5, 5.41) is 17.0. The van der Waals surface area contributed by atoms with Gasteiger partial charge in [0.2, 0.25) is 0 Å². The molecule has 26 heavy (non-hydrogen) atoms. The first-order valence-corrected chi connectivity index (χ1v) is 9.40. The number of nitrogens with zero attached hydrogens (tertiary/aromatic N) is 2. The summed E-state index contributed by atoms with van der Waals surface area (Å²) in [5.41, 5.74) is 1.19. The van der Waals surface area contributed by atoms with Crippen LogP contribution in [0.3, 0.4) is 0 Å². The van der Waals surface area contributed by atoms with Crippen LogP contribution in [0.15, 0.2) is 47.1 Å². The van der Waals surface area contributed by atoms with Crippen molar-refractivity contribution in [2.45, 2.75) is 25.4 Å². The lowest BCUT2D eigenvalue weighted by atomic mass is 9.75. The van der Waals surface area contributed by atoms with Gasteiger partial charge in [0, 0.05) is 30.3 Å². The van der Waals surface area contributed by atoms with Crippen LogP contribution in [0.25, 0.3) is 11.3 Å². The van der Waals surface area contributed by atoms with E-state index in [1.807, 2.05) is 30.3 Å². The second kappa shape index (κ2) is 7.39. The first-order valence-electron chi connectivity index (χ1n) is 8.58. The summed E-state index contributed by atoms with van der Waals surface area (Å²) >= 11 is 1.57. The minimum absolute atomic E-state index is 0.0482. The zero-order chi connectivity index (χ0) is 17.9. The normalized spacial score (nSPS) is 19.1. The highest BCUT2D eigenvalue weighted by Gasteiger charge is 2.32. The van der Waals surface area contributed by atoms with Crippen LogP contribution in [0.5, 0.6) is 0 Å². The van der Waals surface area contributed by atoms with E-state index < -0.39 is 0 Å². The molecule has 2 N–H and O–H groups in total. The summed E-state index contributed by atoms with van der Waals surface area (Å²) in [4.78, 5) is 17.5. The molecule has 0 radical (unpaired) electrons. The quantitative estimate of drug-likeness (QED) is 0.696. The van der Waals surface area contributed by atoms with Gasteiger partial charge in [0.15, 0.2) is 11.5 Å². The van der Waals surface area contributed by atoms with Crippen LogP contribution in [0.2, 0.25) is 0 Å². The number of thiazole rings is 1. The van der Waals surface area contributed by atoms with Gasteiger partial charge in [-0.2, -0.15) is 0 Å². The fourth-order valence-corrected chi connectivity index (χ4v) is 4.04. The Labute approximate surface area is 154 Å². The van der Waals surface area contributed by atoms with Gasteiger partial charge < -0.3 is 14.9 Å². The van der Waals surface area contributed by atoms with Crippen LogP contribution in [-0.2, 0) is 6.61 Å². The monoisotopic (exact) mass is 369 g/mol. The molecule has 1 amide bonds. The lowest BCUT2D eigenvalue weighted by molar-refractivity contribution is 0.0926. The number of rotatable bonds is 6. The average Bonchev–Trinajstić information content (AvgIpc) is 3.31. The number of hydrogen-bond acceptors (Lipinski definition) is 6. The molecule has 134 valence electrons. The smallest absolute Gasteiger partial charge is 0.273 e. The highest BCUT2D eigenvalue weighted by Crippen LogP contribution is 2.42. The van der Waals surface area contributed by atoms with Crippen molar-refractivity contribution < 1.29 is 14.4 Å². The third kappa shape index (κ3) is 3.54. The van der Waals surface area contributed by atoms with Gasteiger partial charge in [0.05, 0.1) is 16.5 Å². The third-order valence-corrected chi connectivity index (χ3v) is 5.81. The maximum Gasteiger partial charge on any atom is 0.273 e. The lowest BCUT2D eigenvalue weighted by Crippen LogP contribution is -2.35. The van der Waals surface area contributed by atoms with E-state index in [1.165, 1.54) is 0 Å². The van der Waals surface area contributed by atoms with Crippen LogP contribution in [0, 0.1) is 5.92 Å². The molecule has 1 saturated carbocycles. The Morgan fingerprint density at radius 1 is 1.31 bits per heavy atom. The second-order valence-electron chi connectivity index (χ2n) is 6.51. The SMILES string of the molecule is O=C(NC[C@H]1C[C@@H](c2ncc(CO)s2)C1)c1cc(-c2ccccc2)on1. The highest BCUT2D eigenvalue weighted by atomic mass is 32.1. The van der Waals surface area contributed by atoms with Crippen molar-refractivity contribution in [1.82, 2.24) is 15.5 Å². The number of hydrogen-bond donors (Lipinski definition) is 2. The Hall–Kier alpha value is -2.51. The number of amides is 1. The standard InChI is InChI=1S/C19H19N3O3S/c23-11-15-10-21-19(26-15)14-6-12(7-14)9-20-18(24)16-8-17(25-22-16)13-4-2-1-3-5-13/h1-5,8,10,12,14,23H,6-7,9,11H2,(H,20,24)/t12-,14+. The first kappa shape index (κ1) is 16.9. The van der Waals surface area contributed by atoms with Gasteiger partial charge in [-0.15, -0.1) is 11.3 Å². The number of carbonyl (C=O) groups excluding carboxylic acids is 1. The Morgan fingerprint density at radius 3 is 2.85 bits per heavy atom. The maximum absolute atomic E-state index is 12.3. The molecule has 0 unspecified atom stereocenters. The summed E-state index contributed by atoms with van der Waals surface area (Å²) in [6, 6.07) is 11.2. The van der Waals surface area contributed by atoms with E-state index in [0.29, 0.717) is 29.8 Å². The Morgan fingerprint density at radius 2 is 2.12 bits per heavy atom. The molecule has 6 nitrogen and oxygen atoms in total. The molecule has 2 heterocycles. The zero-order valence-corrected chi connectivity index (χ0v) is 14.9. The molecular weight excluding hydrogens is 350 g/mol. The number of carbonyl (C=O) groups is 1. The van der Waals surface area contributed by atoms with Crippen molar-refractivity contribution in [2.24, 2.45) is 5.92 Å². The Balaban J connectivity index is 1.27. The number of aliphatic hydroxyl groups is 1. The summed E-state index contributed by atoms with van der Waals surface area (Å²) in [7, 11) is 0. The van der Waals surface area contributed by atoms with Gasteiger partial charge in [-0.25, -0.2) is 4.98 Å². The molecule has 0 bridgehead atoms. The molecule has 0 saturated heterocycles. The van der Waals surface area contributed by atoms with E-state index in [1.54, 1.807) is 23.6 Å². The molecule has 1 fully saturated rings. The molecule has 2 aromatic heterocycles. The molecule has 0 spiro atoms. The number of nitrogens with one attached hydrogen (secondary N) is 1. The fourth-order valence-electron chi connectivity index (χ4n) is 3.14. The molecular formula is C19H19N3O3S. The molecule has 0 atom stereocenters. The summed E-state index contributed by atoms with van der Waals surface area (Å²) < 4.78 is 5.27. The molecule has 1 aliphatic carbocycles. The van der Waals surface area contributed by atoms with Crippen LogP contribution >= 0.6 is 11.3 Å². The largest absolute Gasteiger partial charge is 0.391 e. The number of benzene rings is 1. The van der Waals surface area contributed by atoms with Gasteiger partial charge in [-0.05, 0) is 18.8 Å². The van der Waals surface area contributed by atoms with E-state index in [0.717, 1.165) is 28.3 Å². The minimum atomic E-state index is -0.212. The zero-order valence-electron chi connectivity index (χ0n) is 14.1. The van der Waals surface area contributed by atoms with Gasteiger partial charge in [-0.3, -0.25) is 4.79 Å². The van der Waals surface area contributed by atoms with Gasteiger partial charge in [0.1, 0.15) is 0 Å². The first-order chi connectivity index (χ1) is 12.7. The molecule has 3 aromatic rings. The predicted molar refractivity (Wildman–Crippen MR) is 97.8 cm³/mol. The summed E-state index contributed by atoms with van der Waals surface area (Å²) in [6.45, 7) is 0.674. The Kier molecular flexibility index (Phi) is 4.81. The maximum atomic E-state index is 12.3. The highest BCUT2D eigenvalue weighted by molar-refractivity contribution is 7.11. The summed E-state index contributed by atoms with van der Waals surface area (Å²) in [5.74, 6) is 1.27. The van der Waals surface area contributed by atoms with Crippen molar-refractivity contribution in [3.63, 3.8) is 0 Å². The predicted octanol–water partition coefficient (Wildman–Crippen LogP) is 3.21. The van der Waals surface area contributed by atoms with Crippen LogP contribution in [-0.4, -0.2) is 27.7 Å². The van der Waals surface area contributed by atoms with Crippen molar-refractivity contribution >= 4 is 17.2 Å². The van der Waals surface area contributed by atoms with E-state index >= 15 is 0 Å². The van der Waals surface area contributed by atoms with E-state index in [-0.39, 0.29) is 12.5 Å². The second-order valence-corrected chi connectivity index (χ2v) is 7.66. The summed E-state index contributed by atoms with van der Waals surface area (Å²) in [6.07, 6.45) is 3.75. The van der Waals surface area contributed by atoms with Gasteiger partial charge in [-0.1, -0.05) is 35.5 Å². The lowest BCUT2D eigenvalue weighted by Gasteiger charge is -2.33. The molecule has 1 aliphatic rings. The van der Waals surface area contributed by atoms with E-state index in [2.05, 4.69) is 15.5 Å². The van der Waals surface area contributed by atoms with Crippen molar-refractivity contribution in [1.29, 1.82) is 0 Å². The van der Waals surface area contributed by atoms with Gasteiger partial charge >= 0.3 is 0 Å². The topological polar surface area (TPSA) is 88.2 Å². The average molecular weight is 369 g/mol. The van der Waals surface area contributed by atoms with E-state index in [4.69, 9.17) is 9.63 Å². The van der Waals surface area contributed by atoms with Crippen LogP contribution < -0.4 is 5.32 Å². The molecule has 0 aliphatic heterocycles. The van der Waals surface area contributed by atoms with Crippen LogP contribution in [0.1, 0.15) is 39.1 Å². The number of aliphatic hydroxyl groups excluding tert-OH is 1.